The maximum atomic E-state index is 13.3. The Hall–Kier alpha value is -3.74. The highest BCUT2D eigenvalue weighted by atomic mass is 32.2. The number of sulfonamides is 1. The summed E-state index contributed by atoms with van der Waals surface area (Å²) in [5.41, 5.74) is 2.30. The fraction of sp³-hybridized carbons (Fsp3) is 0.370. The largest absolute Gasteiger partial charge is 0.493 e. The van der Waals surface area contributed by atoms with Crippen molar-refractivity contribution in [3.05, 3.63) is 69.9 Å². The fourth-order valence-corrected chi connectivity index (χ4v) is 5.42. The number of aliphatic hydroxyl groups is 1. The second-order valence-corrected chi connectivity index (χ2v) is 11.0. The first-order chi connectivity index (χ1) is 18.7. The van der Waals surface area contributed by atoms with Gasteiger partial charge in [-0.2, -0.15) is 0 Å². The van der Waals surface area contributed by atoms with Crippen molar-refractivity contribution in [3.63, 3.8) is 0 Å². The zero-order valence-electron chi connectivity index (χ0n) is 22.6. The van der Waals surface area contributed by atoms with Crippen molar-refractivity contribution in [3.8, 4) is 17.1 Å². The summed E-state index contributed by atoms with van der Waals surface area (Å²) in [4.78, 5) is 22.2. The molecule has 2 heterocycles. The predicted molar refractivity (Wildman–Crippen MR) is 150 cm³/mol. The van der Waals surface area contributed by atoms with E-state index in [0.29, 0.717) is 60.2 Å². The van der Waals surface area contributed by atoms with Gasteiger partial charge in [0.15, 0.2) is 11.3 Å². The Bertz CT molecular complexity index is 1610. The predicted octanol–water partition coefficient (Wildman–Crippen LogP) is 2.97. The van der Waals surface area contributed by atoms with E-state index in [2.05, 4.69) is 19.8 Å². The summed E-state index contributed by atoms with van der Waals surface area (Å²) in [6, 6.07) is 11.5. The van der Waals surface area contributed by atoms with Gasteiger partial charge in [-0.05, 0) is 63.2 Å². The molecule has 0 radical (unpaired) electrons. The molecule has 0 spiro atoms. The first kappa shape index (κ1) is 28.3. The van der Waals surface area contributed by atoms with E-state index < -0.39 is 10.0 Å². The molecule has 0 aliphatic rings. The molecule has 2 aromatic carbocycles. The Kier molecular flexibility index (Phi) is 8.68. The third-order valence-electron chi connectivity index (χ3n) is 6.17. The number of nitrogens with zero attached hydrogens (tertiary/aromatic N) is 4. The van der Waals surface area contributed by atoms with Crippen LogP contribution in [0.1, 0.15) is 37.4 Å². The number of hydrogen-bond acceptors (Lipinski definition) is 8. The maximum Gasteiger partial charge on any atom is 0.277 e. The van der Waals surface area contributed by atoms with Crippen LogP contribution in [0.5, 0.6) is 5.75 Å². The van der Waals surface area contributed by atoms with Crippen LogP contribution in [-0.2, 0) is 23.0 Å². The van der Waals surface area contributed by atoms with Gasteiger partial charge in [0.2, 0.25) is 0 Å². The molecule has 0 saturated carbocycles. The molecule has 0 aliphatic carbocycles. The normalized spacial score (nSPS) is 11.8. The maximum absolute atomic E-state index is 13.3. The summed E-state index contributed by atoms with van der Waals surface area (Å²) in [6.07, 6.45) is 1.46. The molecule has 0 atom stereocenters. The molecule has 0 amide bonds. The van der Waals surface area contributed by atoms with Crippen LogP contribution in [0.2, 0.25) is 0 Å². The average molecular weight is 555 g/mol. The number of aromatic amines is 1. The van der Waals surface area contributed by atoms with Gasteiger partial charge < -0.3 is 14.8 Å². The minimum Gasteiger partial charge on any atom is -0.493 e. The van der Waals surface area contributed by atoms with Crippen LogP contribution in [0.3, 0.4) is 0 Å². The van der Waals surface area contributed by atoms with E-state index in [4.69, 9.17) is 9.84 Å². The number of likely N-dealkylation sites (N-methyl/N-ethyl adjacent to an activating group) is 1. The lowest BCUT2D eigenvalue weighted by molar-refractivity contribution is 0.217. The van der Waals surface area contributed by atoms with E-state index in [1.165, 1.54) is 16.6 Å². The highest BCUT2D eigenvalue weighted by Gasteiger charge is 2.21. The van der Waals surface area contributed by atoms with Gasteiger partial charge in [-0.3, -0.25) is 14.4 Å². The first-order valence-corrected chi connectivity index (χ1v) is 14.3. The molecule has 3 N–H and O–H groups in total. The smallest absolute Gasteiger partial charge is 0.277 e. The number of fused-ring (bicyclic) bond motifs is 1. The zero-order chi connectivity index (χ0) is 28.2. The molecule has 39 heavy (non-hydrogen) atoms. The highest BCUT2D eigenvalue weighted by Crippen LogP contribution is 2.31. The van der Waals surface area contributed by atoms with Crippen LogP contribution in [0, 0.1) is 6.92 Å². The van der Waals surface area contributed by atoms with Crippen molar-refractivity contribution < 1.29 is 18.3 Å². The number of H-pyrrole nitrogens is 1. The average Bonchev–Trinajstić information content (AvgIpc) is 3.21. The molecule has 4 aromatic rings. The van der Waals surface area contributed by atoms with Crippen molar-refractivity contribution in [2.45, 2.75) is 45.1 Å². The van der Waals surface area contributed by atoms with E-state index in [9.17, 15) is 13.2 Å². The van der Waals surface area contributed by atoms with Gasteiger partial charge in [0, 0.05) is 25.2 Å². The van der Waals surface area contributed by atoms with E-state index in [1.54, 1.807) is 25.1 Å². The Morgan fingerprint density at radius 2 is 1.90 bits per heavy atom. The molecule has 0 aliphatic heterocycles. The van der Waals surface area contributed by atoms with Gasteiger partial charge in [0.25, 0.3) is 15.6 Å². The third-order valence-corrected chi connectivity index (χ3v) is 7.55. The number of anilines is 1. The molecule has 0 saturated heterocycles. The second kappa shape index (κ2) is 12.0. The van der Waals surface area contributed by atoms with Crippen molar-refractivity contribution in [2.24, 2.45) is 0 Å². The molecular formula is C27H34N6O5S. The van der Waals surface area contributed by atoms with Gasteiger partial charge in [-0.15, -0.1) is 5.10 Å². The molecule has 12 heteroatoms. The van der Waals surface area contributed by atoms with Crippen molar-refractivity contribution >= 4 is 21.2 Å². The number of hydrogen-bond donors (Lipinski definition) is 3. The van der Waals surface area contributed by atoms with Gasteiger partial charge in [0.05, 0.1) is 29.4 Å². The van der Waals surface area contributed by atoms with Crippen LogP contribution < -0.4 is 15.0 Å². The van der Waals surface area contributed by atoms with Crippen molar-refractivity contribution in [1.29, 1.82) is 0 Å². The van der Waals surface area contributed by atoms with Gasteiger partial charge in [-0.25, -0.2) is 17.9 Å². The Labute approximate surface area is 227 Å². The zero-order valence-corrected chi connectivity index (χ0v) is 23.4. The van der Waals surface area contributed by atoms with Gasteiger partial charge >= 0.3 is 0 Å². The number of aryl methyl sites for hydroxylation is 2. The van der Waals surface area contributed by atoms with Crippen LogP contribution >= 0.6 is 0 Å². The topological polar surface area (TPSA) is 142 Å². The van der Waals surface area contributed by atoms with Gasteiger partial charge in [-0.1, -0.05) is 19.1 Å². The number of rotatable bonds is 12. The molecule has 0 bridgehead atoms. The summed E-state index contributed by atoms with van der Waals surface area (Å²) in [5.74, 6) is 1.23. The van der Waals surface area contributed by atoms with E-state index in [1.807, 2.05) is 37.9 Å². The first-order valence-electron chi connectivity index (χ1n) is 12.8. The third kappa shape index (κ3) is 6.29. The Balaban J connectivity index is 1.70. The van der Waals surface area contributed by atoms with E-state index in [0.717, 1.165) is 12.0 Å². The molecule has 4 rings (SSSR count). The monoisotopic (exact) mass is 554 g/mol. The minimum atomic E-state index is -3.97. The molecular weight excluding hydrogens is 520 g/mol. The standard InChI is InChI=1S/C27H34N6O5S/c1-5-7-24-28-18(3)25-27(35)29-26(30-33(24)25)22-16-21(12-13-23(22)38-6-2)39(36,37)31-20-10-8-19(9-11-20)17-32(4)14-15-34/h8-13,16,31,34H,5-7,14-15,17H2,1-4H3,(H,29,30,35). The van der Waals surface area contributed by atoms with E-state index in [-0.39, 0.29) is 22.9 Å². The number of imidazole rings is 1. The van der Waals surface area contributed by atoms with Crippen LogP contribution in [0.25, 0.3) is 16.9 Å². The van der Waals surface area contributed by atoms with E-state index >= 15 is 0 Å². The summed E-state index contributed by atoms with van der Waals surface area (Å²) >= 11 is 0. The molecule has 0 fully saturated rings. The van der Waals surface area contributed by atoms with Crippen LogP contribution in [-0.4, -0.2) is 64.8 Å². The van der Waals surface area contributed by atoms with Crippen molar-refractivity contribution in [1.82, 2.24) is 24.5 Å². The molecule has 0 unspecified atom stereocenters. The molecule has 208 valence electrons. The summed E-state index contributed by atoms with van der Waals surface area (Å²) in [5, 5.41) is 13.7. The number of benzene rings is 2. The highest BCUT2D eigenvalue weighted by molar-refractivity contribution is 7.92. The fourth-order valence-electron chi connectivity index (χ4n) is 4.34. The van der Waals surface area contributed by atoms with Crippen molar-refractivity contribution in [2.75, 3.05) is 31.5 Å². The van der Waals surface area contributed by atoms with Gasteiger partial charge in [0.1, 0.15) is 11.6 Å². The Morgan fingerprint density at radius 3 is 2.56 bits per heavy atom. The lowest BCUT2D eigenvalue weighted by Crippen LogP contribution is -2.21. The number of aromatic nitrogens is 4. The van der Waals surface area contributed by atoms with Crippen LogP contribution in [0.15, 0.2) is 52.2 Å². The second-order valence-electron chi connectivity index (χ2n) is 9.28. The van der Waals surface area contributed by atoms with Crippen LogP contribution in [0.4, 0.5) is 5.69 Å². The summed E-state index contributed by atoms with van der Waals surface area (Å²) < 4.78 is 36.6. The number of nitrogens with one attached hydrogen (secondary N) is 2. The summed E-state index contributed by atoms with van der Waals surface area (Å²) in [7, 11) is -2.08. The number of ether oxygens (including phenoxy) is 1. The SMILES string of the molecule is CCCc1nc(C)c2c(=O)[nH]c(-c3cc(S(=O)(=O)Nc4ccc(CN(C)CCO)cc4)ccc3OCC)nn12. The molecule has 2 aromatic heterocycles. The Morgan fingerprint density at radius 1 is 1.15 bits per heavy atom. The molecule has 11 nitrogen and oxygen atoms in total. The number of aliphatic hydroxyl groups excluding tert-OH is 1. The summed E-state index contributed by atoms with van der Waals surface area (Å²) in [6.45, 7) is 7.17. The lowest BCUT2D eigenvalue weighted by Gasteiger charge is -2.16. The quantitative estimate of drug-likeness (QED) is 0.243. The minimum absolute atomic E-state index is 0.00829. The lowest BCUT2D eigenvalue weighted by atomic mass is 10.2.